The molecule has 0 bridgehead atoms. The maximum absolute atomic E-state index is 16.6. The van der Waals surface area contributed by atoms with Crippen molar-refractivity contribution in [1.82, 2.24) is 19.9 Å². The number of phenols is 1. The Morgan fingerprint density at radius 2 is 1.93 bits per heavy atom. The van der Waals surface area contributed by atoms with Crippen LogP contribution < -0.4 is 9.64 Å². The highest BCUT2D eigenvalue weighted by molar-refractivity contribution is 6.01. The maximum Gasteiger partial charge on any atom is 0.319 e. The minimum absolute atomic E-state index is 0.0161. The molecule has 0 spiro atoms. The lowest BCUT2D eigenvalue weighted by molar-refractivity contribution is 0.107. The summed E-state index contributed by atoms with van der Waals surface area (Å²) in [5.41, 5.74) is 0.134. The second-order valence-electron chi connectivity index (χ2n) is 12.1. The fourth-order valence-corrected chi connectivity index (χ4v) is 7.27. The number of anilines is 1. The van der Waals surface area contributed by atoms with Crippen LogP contribution in [0, 0.1) is 11.6 Å². The van der Waals surface area contributed by atoms with E-state index >= 15 is 4.39 Å². The lowest BCUT2D eigenvalue weighted by Crippen LogP contribution is -2.43. The van der Waals surface area contributed by atoms with E-state index in [2.05, 4.69) is 19.9 Å². The summed E-state index contributed by atoms with van der Waals surface area (Å²) in [6.07, 6.45) is 3.73. The molecule has 226 valence electrons. The highest BCUT2D eigenvalue weighted by atomic mass is 19.1. The van der Waals surface area contributed by atoms with Crippen LogP contribution in [-0.4, -0.2) is 80.7 Å². The number of halogens is 3. The number of fused-ring (bicyclic) bond motifs is 3. The Morgan fingerprint density at radius 1 is 1.12 bits per heavy atom. The minimum Gasteiger partial charge on any atom is -0.508 e. The number of ether oxygens (including phenoxy) is 1. The van der Waals surface area contributed by atoms with Gasteiger partial charge in [0.2, 0.25) is 0 Å². The molecule has 8 nitrogen and oxygen atoms in total. The zero-order chi connectivity index (χ0) is 29.9. The quantitative estimate of drug-likeness (QED) is 0.311. The van der Waals surface area contributed by atoms with Crippen LogP contribution in [0.4, 0.5) is 19.0 Å². The van der Waals surface area contributed by atoms with Gasteiger partial charge in [0.05, 0.1) is 17.0 Å². The van der Waals surface area contributed by atoms with Crippen LogP contribution in [0.2, 0.25) is 0 Å². The first-order chi connectivity index (χ1) is 20.8. The van der Waals surface area contributed by atoms with Gasteiger partial charge in [-0.3, -0.25) is 9.88 Å². The predicted molar refractivity (Wildman–Crippen MR) is 157 cm³/mol. The summed E-state index contributed by atoms with van der Waals surface area (Å²) >= 11 is 0. The normalized spacial score (nSPS) is 23.0. The number of pyridine rings is 1. The molecule has 2 N–H and O–H groups in total. The lowest BCUT2D eigenvalue weighted by Gasteiger charge is -2.32. The van der Waals surface area contributed by atoms with E-state index in [1.807, 2.05) is 11.8 Å². The van der Waals surface area contributed by atoms with E-state index < -0.39 is 29.4 Å². The summed E-state index contributed by atoms with van der Waals surface area (Å²) in [6, 6.07) is 5.79. The summed E-state index contributed by atoms with van der Waals surface area (Å²) in [7, 11) is 0. The smallest absolute Gasteiger partial charge is 0.319 e. The molecule has 7 rings (SSSR count). The van der Waals surface area contributed by atoms with Crippen LogP contribution in [0.15, 0.2) is 30.5 Å². The molecule has 0 saturated carbocycles. The topological polar surface area (TPSA) is 94.8 Å². The first kappa shape index (κ1) is 28.1. The van der Waals surface area contributed by atoms with E-state index in [9.17, 15) is 19.0 Å². The highest BCUT2D eigenvalue weighted by Gasteiger charge is 2.49. The third kappa shape index (κ3) is 4.82. The molecule has 4 aromatic rings. The summed E-state index contributed by atoms with van der Waals surface area (Å²) in [5, 5.41) is 22.0. The van der Waals surface area contributed by atoms with Gasteiger partial charge in [0.25, 0.3) is 0 Å². The molecule has 0 unspecified atom stereocenters. The van der Waals surface area contributed by atoms with E-state index in [0.29, 0.717) is 72.9 Å². The number of hydrogen-bond acceptors (Lipinski definition) is 8. The van der Waals surface area contributed by atoms with Crippen molar-refractivity contribution in [1.29, 1.82) is 0 Å². The number of phenolic OH excluding ortho intramolecular Hbond substituents is 1. The van der Waals surface area contributed by atoms with Gasteiger partial charge in [-0.1, -0.05) is 13.0 Å². The Kier molecular flexibility index (Phi) is 7.04. The SMILES string of the molecule is CCc1c(F)ccc2cc(O)cc(-c3ncc4c(N5CCC(O)CC5)nc(OC[C@@]56CCCN5C[C@H](F)C6)nc4c3F)c12. The molecular weight excluding hydrogens is 559 g/mol. The molecule has 3 aliphatic heterocycles. The number of aliphatic hydroxyl groups is 1. The monoisotopic (exact) mass is 593 g/mol. The van der Waals surface area contributed by atoms with Gasteiger partial charge in [-0.25, -0.2) is 13.2 Å². The molecule has 2 atom stereocenters. The van der Waals surface area contributed by atoms with Crippen molar-refractivity contribution in [3.05, 3.63) is 47.7 Å². The number of aryl methyl sites for hydroxylation is 1. The summed E-state index contributed by atoms with van der Waals surface area (Å²) in [4.78, 5) is 17.8. The molecule has 3 fully saturated rings. The average molecular weight is 594 g/mol. The Morgan fingerprint density at radius 3 is 2.72 bits per heavy atom. The number of rotatable bonds is 6. The van der Waals surface area contributed by atoms with Gasteiger partial charge < -0.3 is 19.8 Å². The van der Waals surface area contributed by atoms with E-state index in [4.69, 9.17) is 4.74 Å². The van der Waals surface area contributed by atoms with Crippen LogP contribution >= 0.6 is 0 Å². The van der Waals surface area contributed by atoms with Crippen molar-refractivity contribution in [2.45, 2.75) is 63.3 Å². The summed E-state index contributed by atoms with van der Waals surface area (Å²) in [5.74, 6) is -0.814. The molecule has 0 aliphatic carbocycles. The molecule has 2 aromatic heterocycles. The number of aromatic hydroxyl groups is 1. The number of alkyl halides is 1. The van der Waals surface area contributed by atoms with E-state index in [1.165, 1.54) is 24.4 Å². The molecule has 3 saturated heterocycles. The third-order valence-corrected chi connectivity index (χ3v) is 9.40. The predicted octanol–water partition coefficient (Wildman–Crippen LogP) is 5.31. The van der Waals surface area contributed by atoms with Crippen LogP contribution in [0.1, 0.15) is 44.6 Å². The first-order valence-electron chi connectivity index (χ1n) is 15.0. The Bertz CT molecular complexity index is 1710. The van der Waals surface area contributed by atoms with Crippen LogP contribution in [0.5, 0.6) is 11.8 Å². The lowest BCUT2D eigenvalue weighted by atomic mass is 9.94. The average Bonchev–Trinajstić information content (AvgIpc) is 3.52. The van der Waals surface area contributed by atoms with Crippen LogP contribution in [0.3, 0.4) is 0 Å². The fraction of sp³-hybridized carbons (Fsp3) is 0.469. The van der Waals surface area contributed by atoms with Gasteiger partial charge in [0, 0.05) is 37.8 Å². The number of aliphatic hydroxyl groups excluding tert-OH is 1. The Labute approximate surface area is 247 Å². The van der Waals surface area contributed by atoms with Crippen molar-refractivity contribution in [3.63, 3.8) is 0 Å². The zero-order valence-corrected chi connectivity index (χ0v) is 24.0. The number of nitrogens with zero attached hydrogens (tertiary/aromatic N) is 5. The standard InChI is InChI=1S/C32H34F3N5O3/c1-2-22-25(34)5-4-18-12-21(42)13-23(26(18)22)28-27(35)29-24(15-36-28)30(39-10-6-20(41)7-11-39)38-31(37-29)43-17-32-8-3-9-40(32)16-19(33)14-32/h4-5,12-13,15,19-20,41-42H,2-3,6-11,14,16-17H2,1H3/t19-,32+/m1/s1. The van der Waals surface area contributed by atoms with Gasteiger partial charge in [-0.15, -0.1) is 0 Å². The van der Waals surface area contributed by atoms with Gasteiger partial charge in [0.15, 0.2) is 5.82 Å². The summed E-state index contributed by atoms with van der Waals surface area (Å²) < 4.78 is 52.1. The highest BCUT2D eigenvalue weighted by Crippen LogP contribution is 2.42. The number of hydrogen-bond donors (Lipinski definition) is 2. The number of piperidine rings is 1. The van der Waals surface area contributed by atoms with Gasteiger partial charge >= 0.3 is 6.01 Å². The molecule has 5 heterocycles. The molecule has 43 heavy (non-hydrogen) atoms. The third-order valence-electron chi connectivity index (χ3n) is 9.40. The van der Waals surface area contributed by atoms with E-state index in [0.717, 1.165) is 19.4 Å². The first-order valence-corrected chi connectivity index (χ1v) is 15.0. The largest absolute Gasteiger partial charge is 0.508 e. The summed E-state index contributed by atoms with van der Waals surface area (Å²) in [6.45, 7) is 4.21. The van der Waals surface area contributed by atoms with Gasteiger partial charge in [0.1, 0.15) is 41.4 Å². The zero-order valence-electron chi connectivity index (χ0n) is 24.0. The van der Waals surface area contributed by atoms with Crippen molar-refractivity contribution in [2.24, 2.45) is 0 Å². The van der Waals surface area contributed by atoms with E-state index in [-0.39, 0.29) is 35.1 Å². The second-order valence-corrected chi connectivity index (χ2v) is 12.1. The minimum atomic E-state index is -0.919. The fourth-order valence-electron chi connectivity index (χ4n) is 7.27. The van der Waals surface area contributed by atoms with Crippen LogP contribution in [0.25, 0.3) is 32.9 Å². The van der Waals surface area contributed by atoms with Crippen molar-refractivity contribution in [3.8, 4) is 23.0 Å². The Balaban J connectivity index is 1.37. The molecule has 11 heteroatoms. The van der Waals surface area contributed by atoms with Crippen molar-refractivity contribution >= 4 is 27.5 Å². The maximum atomic E-state index is 16.6. The number of aromatic nitrogens is 3. The molecule has 0 amide bonds. The Hall–Kier alpha value is -3.70. The van der Waals surface area contributed by atoms with Crippen molar-refractivity contribution in [2.75, 3.05) is 37.7 Å². The number of benzene rings is 2. The molecule has 3 aliphatic rings. The second kappa shape index (κ2) is 10.8. The molecular formula is C32H34F3N5O3. The molecule has 2 aromatic carbocycles. The van der Waals surface area contributed by atoms with Crippen molar-refractivity contribution < 1.29 is 28.1 Å². The van der Waals surface area contributed by atoms with Crippen LogP contribution in [-0.2, 0) is 6.42 Å². The molecule has 0 radical (unpaired) electrons. The van der Waals surface area contributed by atoms with E-state index in [1.54, 1.807) is 6.07 Å². The van der Waals surface area contributed by atoms with Gasteiger partial charge in [-0.05, 0) is 73.2 Å². The van der Waals surface area contributed by atoms with Gasteiger partial charge in [-0.2, -0.15) is 9.97 Å².